The van der Waals surface area contributed by atoms with Gasteiger partial charge in [0.2, 0.25) is 5.91 Å². The van der Waals surface area contributed by atoms with Gasteiger partial charge in [-0.25, -0.2) is 4.79 Å². The van der Waals surface area contributed by atoms with Crippen LogP contribution < -0.4 is 15.4 Å². The van der Waals surface area contributed by atoms with Crippen molar-refractivity contribution < 1.29 is 14.3 Å². The standard InChI is InChI=1S/C20H28N4O3S/c1-23-17-15(19(25)24(2)20(23)26)18(28-14-9-4-5-10-14)22-16(21-17)12-7-6-8-13(11-12)27-3/h6-8,11,14-18,21-22H,4-5,9-10H2,1-3H3. The molecule has 8 heteroatoms. The van der Waals surface area contributed by atoms with E-state index in [1.54, 1.807) is 26.1 Å². The predicted octanol–water partition coefficient (Wildman–Crippen LogP) is 2.35. The summed E-state index contributed by atoms with van der Waals surface area (Å²) < 4.78 is 5.37. The Kier molecular flexibility index (Phi) is 5.53. The molecule has 3 amide bonds. The number of benzene rings is 1. The Hall–Kier alpha value is -1.77. The first-order valence-electron chi connectivity index (χ1n) is 9.85. The van der Waals surface area contributed by atoms with Crippen LogP contribution in [-0.4, -0.2) is 59.7 Å². The van der Waals surface area contributed by atoms with Crippen LogP contribution in [0.3, 0.4) is 0 Å². The highest BCUT2D eigenvalue weighted by Gasteiger charge is 2.51. The molecule has 1 aromatic rings. The maximum atomic E-state index is 13.0. The van der Waals surface area contributed by atoms with Crippen molar-refractivity contribution in [3.05, 3.63) is 29.8 Å². The third-order valence-electron chi connectivity index (χ3n) is 6.02. The van der Waals surface area contributed by atoms with Crippen molar-refractivity contribution in [1.82, 2.24) is 20.4 Å². The number of thioether (sulfide) groups is 1. The SMILES string of the molecule is COc1cccc(C2NC(SC3CCCC3)C3C(=O)N(C)C(=O)N(C)C3N2)c1. The summed E-state index contributed by atoms with van der Waals surface area (Å²) in [6, 6.07) is 7.62. The number of nitrogens with one attached hydrogen (secondary N) is 2. The zero-order valence-electron chi connectivity index (χ0n) is 16.6. The number of carbonyl (C=O) groups is 2. The molecule has 1 aliphatic carbocycles. The summed E-state index contributed by atoms with van der Waals surface area (Å²) in [5, 5.41) is 7.63. The van der Waals surface area contributed by atoms with Crippen molar-refractivity contribution in [1.29, 1.82) is 0 Å². The number of hydrogen-bond acceptors (Lipinski definition) is 6. The van der Waals surface area contributed by atoms with E-state index in [2.05, 4.69) is 10.6 Å². The van der Waals surface area contributed by atoms with Crippen LogP contribution in [0.25, 0.3) is 0 Å². The van der Waals surface area contributed by atoms with Gasteiger partial charge in [0.1, 0.15) is 5.75 Å². The summed E-state index contributed by atoms with van der Waals surface area (Å²) in [6.07, 6.45) is 4.38. The number of amides is 3. The van der Waals surface area contributed by atoms with E-state index in [-0.39, 0.29) is 35.6 Å². The minimum atomic E-state index is -0.340. The molecule has 2 heterocycles. The Bertz CT molecular complexity index is 755. The van der Waals surface area contributed by atoms with Gasteiger partial charge in [-0.15, -0.1) is 11.8 Å². The zero-order chi connectivity index (χ0) is 19.8. The van der Waals surface area contributed by atoms with Gasteiger partial charge in [0, 0.05) is 19.3 Å². The van der Waals surface area contributed by atoms with Crippen LogP contribution >= 0.6 is 11.8 Å². The van der Waals surface area contributed by atoms with Gasteiger partial charge >= 0.3 is 6.03 Å². The Morgan fingerprint density at radius 2 is 1.89 bits per heavy atom. The van der Waals surface area contributed by atoms with Crippen LogP contribution in [0, 0.1) is 5.92 Å². The molecule has 2 aliphatic heterocycles. The van der Waals surface area contributed by atoms with Crippen molar-refractivity contribution in [2.75, 3.05) is 21.2 Å². The molecule has 2 N–H and O–H groups in total. The van der Waals surface area contributed by atoms with Crippen LogP contribution in [0.2, 0.25) is 0 Å². The third-order valence-corrected chi connectivity index (χ3v) is 7.60. The number of ether oxygens (including phenoxy) is 1. The van der Waals surface area contributed by atoms with Crippen molar-refractivity contribution in [2.24, 2.45) is 5.92 Å². The number of imide groups is 1. The van der Waals surface area contributed by atoms with E-state index in [0.717, 1.165) is 11.3 Å². The molecule has 3 aliphatic rings. The molecule has 3 fully saturated rings. The minimum Gasteiger partial charge on any atom is -0.497 e. The molecule has 2 saturated heterocycles. The molecule has 7 nitrogen and oxygen atoms in total. The van der Waals surface area contributed by atoms with E-state index in [1.165, 1.54) is 30.6 Å². The largest absolute Gasteiger partial charge is 0.497 e. The van der Waals surface area contributed by atoms with Crippen LogP contribution in [0.5, 0.6) is 5.75 Å². The molecule has 0 radical (unpaired) electrons. The highest BCUT2D eigenvalue weighted by Crippen LogP contribution is 2.40. The average molecular weight is 405 g/mol. The summed E-state index contributed by atoms with van der Waals surface area (Å²) in [6.45, 7) is 0. The van der Waals surface area contributed by atoms with Crippen molar-refractivity contribution >= 4 is 23.7 Å². The number of fused-ring (bicyclic) bond motifs is 1. The molecule has 0 aromatic heterocycles. The maximum Gasteiger partial charge on any atom is 0.327 e. The second-order valence-electron chi connectivity index (χ2n) is 7.77. The first kappa shape index (κ1) is 19.5. The Labute approximate surface area is 170 Å². The highest BCUT2D eigenvalue weighted by atomic mass is 32.2. The topological polar surface area (TPSA) is 73.9 Å². The van der Waals surface area contributed by atoms with Gasteiger partial charge in [0.15, 0.2) is 0 Å². The molecule has 0 bridgehead atoms. The fourth-order valence-electron chi connectivity index (χ4n) is 4.42. The second-order valence-corrected chi connectivity index (χ2v) is 9.21. The molecule has 0 spiro atoms. The van der Waals surface area contributed by atoms with Crippen LogP contribution in [0.1, 0.15) is 37.4 Å². The van der Waals surface area contributed by atoms with Gasteiger partial charge < -0.3 is 9.64 Å². The highest BCUT2D eigenvalue weighted by molar-refractivity contribution is 8.00. The van der Waals surface area contributed by atoms with E-state index >= 15 is 0 Å². The molecule has 152 valence electrons. The Morgan fingerprint density at radius 3 is 2.61 bits per heavy atom. The van der Waals surface area contributed by atoms with Gasteiger partial charge in [0.05, 0.1) is 30.7 Å². The van der Waals surface area contributed by atoms with Gasteiger partial charge in [-0.1, -0.05) is 25.0 Å². The molecule has 1 saturated carbocycles. The summed E-state index contributed by atoms with van der Waals surface area (Å²) in [7, 11) is 4.99. The van der Waals surface area contributed by atoms with Gasteiger partial charge in [0.25, 0.3) is 0 Å². The van der Waals surface area contributed by atoms with E-state index in [1.807, 2.05) is 36.0 Å². The minimum absolute atomic E-state index is 0.0592. The zero-order valence-corrected chi connectivity index (χ0v) is 17.4. The lowest BCUT2D eigenvalue weighted by Gasteiger charge is -2.50. The smallest absolute Gasteiger partial charge is 0.327 e. The van der Waals surface area contributed by atoms with Gasteiger partial charge in [-0.05, 0) is 30.5 Å². The van der Waals surface area contributed by atoms with E-state index in [0.29, 0.717) is 5.25 Å². The lowest BCUT2D eigenvalue weighted by molar-refractivity contribution is -0.140. The quantitative estimate of drug-likeness (QED) is 0.803. The first-order chi connectivity index (χ1) is 13.5. The van der Waals surface area contributed by atoms with Crippen LogP contribution in [-0.2, 0) is 4.79 Å². The second kappa shape index (κ2) is 7.93. The fraction of sp³-hybridized carbons (Fsp3) is 0.600. The molecular weight excluding hydrogens is 376 g/mol. The number of urea groups is 1. The van der Waals surface area contributed by atoms with Crippen LogP contribution in [0.4, 0.5) is 4.79 Å². The lowest BCUT2D eigenvalue weighted by atomic mass is 9.96. The number of nitrogens with zero attached hydrogens (tertiary/aromatic N) is 2. The molecule has 4 atom stereocenters. The molecule has 28 heavy (non-hydrogen) atoms. The molecular formula is C20H28N4O3S. The fourth-order valence-corrected chi connectivity index (χ4v) is 6.09. The molecule has 4 rings (SSSR count). The lowest BCUT2D eigenvalue weighted by Crippen LogP contribution is -2.72. The van der Waals surface area contributed by atoms with Crippen molar-refractivity contribution in [3.8, 4) is 5.75 Å². The van der Waals surface area contributed by atoms with E-state index in [4.69, 9.17) is 4.74 Å². The van der Waals surface area contributed by atoms with E-state index < -0.39 is 0 Å². The predicted molar refractivity (Wildman–Crippen MR) is 109 cm³/mol. The molecule has 4 unspecified atom stereocenters. The summed E-state index contributed by atoms with van der Waals surface area (Å²) in [5.74, 6) is 0.347. The first-order valence-corrected chi connectivity index (χ1v) is 10.8. The summed E-state index contributed by atoms with van der Waals surface area (Å²) in [5.41, 5.74) is 1.03. The Balaban J connectivity index is 1.65. The summed E-state index contributed by atoms with van der Waals surface area (Å²) in [4.78, 5) is 28.4. The monoisotopic (exact) mass is 404 g/mol. The van der Waals surface area contributed by atoms with E-state index in [9.17, 15) is 9.59 Å². The Morgan fingerprint density at radius 1 is 1.14 bits per heavy atom. The summed E-state index contributed by atoms with van der Waals surface area (Å²) >= 11 is 1.86. The molecule has 1 aromatic carbocycles. The maximum absolute atomic E-state index is 13.0. The third kappa shape index (κ3) is 3.49. The number of hydrogen-bond donors (Lipinski definition) is 2. The normalized spacial score (nSPS) is 31.2. The van der Waals surface area contributed by atoms with Crippen molar-refractivity contribution in [2.45, 2.75) is 48.6 Å². The number of carbonyl (C=O) groups excluding carboxylic acids is 2. The van der Waals surface area contributed by atoms with Crippen LogP contribution in [0.15, 0.2) is 24.3 Å². The van der Waals surface area contributed by atoms with Gasteiger partial charge in [-0.2, -0.15) is 0 Å². The van der Waals surface area contributed by atoms with Crippen molar-refractivity contribution in [3.63, 3.8) is 0 Å². The average Bonchev–Trinajstić information content (AvgIpc) is 3.23. The number of methoxy groups -OCH3 is 1. The van der Waals surface area contributed by atoms with Gasteiger partial charge in [-0.3, -0.25) is 20.3 Å². The number of rotatable bonds is 4.